The SMILES string of the molecule is C[C@@H]1C(=O)C[C@H](c2ccco2)N2C(=O)[C@@H]3[C@H](C(=O)Nc4nccs4)[C@H]4C=C[C@@]3(O4)[C@H]12. The summed E-state index contributed by atoms with van der Waals surface area (Å²) in [7, 11) is 0. The summed E-state index contributed by atoms with van der Waals surface area (Å²) in [5.41, 5.74) is -0.979. The number of ether oxygens (including phenoxy) is 1. The number of ketones is 1. The summed E-state index contributed by atoms with van der Waals surface area (Å²) in [6.45, 7) is 1.84. The number of nitrogens with zero attached hydrogens (tertiary/aromatic N) is 2. The molecule has 30 heavy (non-hydrogen) atoms. The Morgan fingerprint density at radius 1 is 1.40 bits per heavy atom. The topological polar surface area (TPSA) is 102 Å². The van der Waals surface area contributed by atoms with Gasteiger partial charge < -0.3 is 19.4 Å². The summed E-state index contributed by atoms with van der Waals surface area (Å²) < 4.78 is 11.9. The Kier molecular flexibility index (Phi) is 3.67. The predicted molar refractivity (Wildman–Crippen MR) is 105 cm³/mol. The number of rotatable bonds is 3. The standard InChI is InChI=1S/C21H19N3O5S/c1-10-12(25)9-11(13-3-2-7-28-13)24-17(10)21-5-4-14(29-21)15(16(21)19(24)27)18(26)23-20-22-6-8-30-20/h2-8,10-11,14-17H,9H2,1H3,(H,22,23,26)/t10-,11-,14-,15-,16+,17+,21+/m1/s1. The van der Waals surface area contributed by atoms with E-state index in [1.807, 2.05) is 19.1 Å². The number of furan rings is 1. The third-order valence-corrected chi connectivity index (χ3v) is 7.61. The van der Waals surface area contributed by atoms with Crippen LogP contribution in [0.25, 0.3) is 0 Å². The van der Waals surface area contributed by atoms with E-state index < -0.39 is 41.5 Å². The molecule has 0 unspecified atom stereocenters. The van der Waals surface area contributed by atoms with Gasteiger partial charge >= 0.3 is 0 Å². The van der Waals surface area contributed by atoms with Gasteiger partial charge in [0.15, 0.2) is 5.13 Å². The molecule has 8 nitrogen and oxygen atoms in total. The maximum atomic E-state index is 13.7. The lowest BCUT2D eigenvalue weighted by molar-refractivity contribution is -0.147. The Bertz CT molecular complexity index is 1060. The molecule has 7 atom stereocenters. The summed E-state index contributed by atoms with van der Waals surface area (Å²) >= 11 is 1.32. The van der Waals surface area contributed by atoms with E-state index in [0.29, 0.717) is 10.9 Å². The Balaban J connectivity index is 1.41. The molecule has 2 amide bonds. The van der Waals surface area contributed by atoms with E-state index in [0.717, 1.165) is 0 Å². The fourth-order valence-electron chi connectivity index (χ4n) is 5.74. The fraction of sp³-hybridized carbons (Fsp3) is 0.429. The first-order valence-electron chi connectivity index (χ1n) is 9.97. The summed E-state index contributed by atoms with van der Waals surface area (Å²) in [6.07, 6.45) is 6.61. The number of anilines is 1. The molecule has 154 valence electrons. The number of fused-ring (bicyclic) bond motifs is 2. The number of nitrogens with one attached hydrogen (secondary N) is 1. The van der Waals surface area contributed by atoms with Crippen molar-refractivity contribution in [2.24, 2.45) is 17.8 Å². The number of thiazole rings is 1. The number of hydrogen-bond acceptors (Lipinski definition) is 7. The Morgan fingerprint density at radius 2 is 2.27 bits per heavy atom. The van der Waals surface area contributed by atoms with Crippen molar-refractivity contribution >= 4 is 34.1 Å². The van der Waals surface area contributed by atoms with Crippen molar-refractivity contribution in [1.29, 1.82) is 0 Å². The minimum atomic E-state index is -0.979. The molecule has 9 heteroatoms. The maximum Gasteiger partial charge on any atom is 0.233 e. The lowest BCUT2D eigenvalue weighted by atomic mass is 9.70. The van der Waals surface area contributed by atoms with Gasteiger partial charge in [0, 0.05) is 23.9 Å². The van der Waals surface area contributed by atoms with Crippen LogP contribution in [0.3, 0.4) is 0 Å². The highest BCUT2D eigenvalue weighted by molar-refractivity contribution is 7.13. The first-order chi connectivity index (χ1) is 14.5. The van der Waals surface area contributed by atoms with Gasteiger partial charge in [-0.2, -0.15) is 0 Å². The molecule has 3 fully saturated rings. The van der Waals surface area contributed by atoms with Crippen LogP contribution in [0, 0.1) is 17.8 Å². The predicted octanol–water partition coefficient (Wildman–Crippen LogP) is 2.18. The van der Waals surface area contributed by atoms with Gasteiger partial charge in [-0.05, 0) is 12.1 Å². The smallest absolute Gasteiger partial charge is 0.233 e. The molecule has 1 N–H and O–H groups in total. The van der Waals surface area contributed by atoms with Gasteiger partial charge in [0.1, 0.15) is 17.1 Å². The van der Waals surface area contributed by atoms with Crippen LogP contribution < -0.4 is 5.32 Å². The summed E-state index contributed by atoms with van der Waals surface area (Å²) in [4.78, 5) is 45.6. The Morgan fingerprint density at radius 3 is 3.00 bits per heavy atom. The zero-order valence-electron chi connectivity index (χ0n) is 16.1. The van der Waals surface area contributed by atoms with E-state index in [9.17, 15) is 14.4 Å². The quantitative estimate of drug-likeness (QED) is 0.757. The Labute approximate surface area is 175 Å². The average molecular weight is 425 g/mol. The second-order valence-corrected chi connectivity index (χ2v) is 9.20. The molecule has 2 aromatic rings. The summed E-state index contributed by atoms with van der Waals surface area (Å²) in [6, 6.07) is 2.58. The molecule has 6 heterocycles. The van der Waals surface area contributed by atoms with Gasteiger partial charge in [-0.1, -0.05) is 19.1 Å². The molecule has 0 aromatic carbocycles. The van der Waals surface area contributed by atoms with E-state index >= 15 is 0 Å². The number of piperidine rings is 1. The van der Waals surface area contributed by atoms with E-state index in [-0.39, 0.29) is 24.0 Å². The molecular weight excluding hydrogens is 406 g/mol. The van der Waals surface area contributed by atoms with Gasteiger partial charge in [-0.15, -0.1) is 11.3 Å². The highest BCUT2D eigenvalue weighted by Crippen LogP contribution is 2.59. The van der Waals surface area contributed by atoms with Crippen LogP contribution in [0.15, 0.2) is 46.5 Å². The van der Waals surface area contributed by atoms with Crippen molar-refractivity contribution in [2.75, 3.05) is 5.32 Å². The van der Waals surface area contributed by atoms with Crippen molar-refractivity contribution in [3.8, 4) is 0 Å². The minimum Gasteiger partial charge on any atom is -0.467 e. The molecule has 0 saturated carbocycles. The van der Waals surface area contributed by atoms with Gasteiger partial charge in [0.2, 0.25) is 11.8 Å². The third kappa shape index (κ3) is 2.19. The Hall–Kier alpha value is -2.78. The number of amides is 2. The lowest BCUT2D eigenvalue weighted by Crippen LogP contribution is -2.55. The normalized spacial score (nSPS) is 38.8. The summed E-state index contributed by atoms with van der Waals surface area (Å²) in [5, 5.41) is 5.08. The van der Waals surface area contributed by atoms with Crippen LogP contribution in [-0.2, 0) is 19.1 Å². The zero-order valence-corrected chi connectivity index (χ0v) is 16.9. The van der Waals surface area contributed by atoms with E-state index in [1.165, 1.54) is 11.3 Å². The third-order valence-electron chi connectivity index (χ3n) is 6.92. The lowest BCUT2D eigenvalue weighted by Gasteiger charge is -2.43. The number of aromatic nitrogens is 1. The number of carbonyl (C=O) groups excluding carboxylic acids is 3. The highest BCUT2D eigenvalue weighted by Gasteiger charge is 2.74. The molecule has 6 rings (SSSR count). The van der Waals surface area contributed by atoms with E-state index in [2.05, 4.69) is 10.3 Å². The first-order valence-corrected chi connectivity index (χ1v) is 10.8. The van der Waals surface area contributed by atoms with Crippen molar-refractivity contribution in [2.45, 2.75) is 37.1 Å². The van der Waals surface area contributed by atoms with Crippen LogP contribution in [0.5, 0.6) is 0 Å². The first kappa shape index (κ1) is 18.0. The molecule has 0 aliphatic carbocycles. The second kappa shape index (κ2) is 6.12. The van der Waals surface area contributed by atoms with Gasteiger partial charge in [0.05, 0.1) is 36.3 Å². The van der Waals surface area contributed by atoms with Crippen molar-refractivity contribution in [1.82, 2.24) is 9.88 Å². The number of Topliss-reactive ketones (excluding diaryl/α,β-unsaturated/α-hetero) is 1. The van der Waals surface area contributed by atoms with Crippen LogP contribution in [0.4, 0.5) is 5.13 Å². The van der Waals surface area contributed by atoms with Crippen molar-refractivity contribution in [3.63, 3.8) is 0 Å². The molecule has 4 aliphatic rings. The fourth-order valence-corrected chi connectivity index (χ4v) is 6.27. The monoisotopic (exact) mass is 425 g/mol. The molecule has 4 aliphatic heterocycles. The summed E-state index contributed by atoms with van der Waals surface area (Å²) in [5.74, 6) is -1.54. The molecule has 2 aromatic heterocycles. The molecule has 2 bridgehead atoms. The molecule has 0 radical (unpaired) electrons. The van der Waals surface area contributed by atoms with Gasteiger partial charge in [0.25, 0.3) is 0 Å². The molecule has 3 saturated heterocycles. The zero-order chi connectivity index (χ0) is 20.6. The largest absolute Gasteiger partial charge is 0.467 e. The number of hydrogen-bond donors (Lipinski definition) is 1. The van der Waals surface area contributed by atoms with Crippen LogP contribution in [0.2, 0.25) is 0 Å². The van der Waals surface area contributed by atoms with Crippen LogP contribution in [-0.4, -0.2) is 45.2 Å². The van der Waals surface area contributed by atoms with Crippen molar-refractivity contribution < 1.29 is 23.5 Å². The van der Waals surface area contributed by atoms with Gasteiger partial charge in [-0.25, -0.2) is 4.98 Å². The average Bonchev–Trinajstić information content (AvgIpc) is 3.52. The number of carbonyl (C=O) groups is 3. The molecular formula is C21H19N3O5S. The van der Waals surface area contributed by atoms with Crippen LogP contribution >= 0.6 is 11.3 Å². The second-order valence-electron chi connectivity index (χ2n) is 8.31. The van der Waals surface area contributed by atoms with E-state index in [1.54, 1.807) is 34.9 Å². The minimum absolute atomic E-state index is 0.0663. The van der Waals surface area contributed by atoms with Crippen LogP contribution in [0.1, 0.15) is 25.1 Å². The van der Waals surface area contributed by atoms with Gasteiger partial charge in [-0.3, -0.25) is 14.4 Å². The van der Waals surface area contributed by atoms with E-state index in [4.69, 9.17) is 9.15 Å². The van der Waals surface area contributed by atoms with Crippen molar-refractivity contribution in [3.05, 3.63) is 47.9 Å². The molecule has 1 spiro atoms. The highest BCUT2D eigenvalue weighted by atomic mass is 32.1. The maximum absolute atomic E-state index is 13.7.